The predicted octanol–water partition coefficient (Wildman–Crippen LogP) is 1.88. The maximum absolute atomic E-state index is 13.0. The average molecular weight is 592 g/mol. The number of nitrogens with zero attached hydrogens (tertiary/aromatic N) is 8. The number of furan rings is 1. The smallest absolute Gasteiger partial charge is 0.309 e. The van der Waals surface area contributed by atoms with Crippen molar-refractivity contribution in [3.8, 4) is 17.3 Å². The van der Waals surface area contributed by atoms with Crippen LogP contribution in [0.25, 0.3) is 27.6 Å². The minimum absolute atomic E-state index is 0.0848. The number of benzene rings is 1. The van der Waals surface area contributed by atoms with E-state index >= 15 is 0 Å². The Morgan fingerprint density at radius 3 is 2.45 bits per heavy atom. The standard InChI is InChI=1S/C28H33N9O4S/c29-27-31-25-23(26-30-24(32-37(26)27)22-2-1-16-41-22)42-28(38)36(25)12-9-33-7-10-35(11-8-33)20-3-5-21(6-4-20)40-19-15-34-13-17-39-18-14-34/h1-6,16H,7-15,17-19H2,(H2,29,31). The second-order valence-corrected chi connectivity index (χ2v) is 11.4. The highest BCUT2D eigenvalue weighted by Gasteiger charge is 2.22. The van der Waals surface area contributed by atoms with Gasteiger partial charge in [-0.2, -0.15) is 9.50 Å². The molecule has 14 heteroatoms. The Morgan fingerprint density at radius 1 is 0.905 bits per heavy atom. The number of hydrogen-bond acceptors (Lipinski definition) is 12. The van der Waals surface area contributed by atoms with E-state index in [0.717, 1.165) is 82.7 Å². The highest BCUT2D eigenvalue weighted by Crippen LogP contribution is 2.26. The first-order valence-electron chi connectivity index (χ1n) is 14.2. The molecule has 2 N–H and O–H groups in total. The van der Waals surface area contributed by atoms with E-state index in [2.05, 4.69) is 54.0 Å². The lowest BCUT2D eigenvalue weighted by Crippen LogP contribution is -2.47. The molecule has 1 aromatic carbocycles. The van der Waals surface area contributed by atoms with E-state index in [9.17, 15) is 4.79 Å². The summed E-state index contributed by atoms with van der Waals surface area (Å²) in [6.45, 7) is 10.1. The Kier molecular flexibility index (Phi) is 7.50. The largest absolute Gasteiger partial charge is 0.492 e. The van der Waals surface area contributed by atoms with Gasteiger partial charge in [0.25, 0.3) is 0 Å². The lowest BCUT2D eigenvalue weighted by atomic mass is 10.2. The molecule has 0 radical (unpaired) electrons. The van der Waals surface area contributed by atoms with Gasteiger partial charge in [-0.1, -0.05) is 11.3 Å². The number of thiazole rings is 1. The van der Waals surface area contributed by atoms with Crippen LogP contribution in [0.15, 0.2) is 51.9 Å². The average Bonchev–Trinajstić information content (AvgIpc) is 3.77. The first-order valence-corrected chi connectivity index (χ1v) is 15.0. The molecule has 2 saturated heterocycles. The number of aromatic nitrogens is 5. The van der Waals surface area contributed by atoms with Gasteiger partial charge in [0, 0.05) is 64.6 Å². The van der Waals surface area contributed by atoms with Gasteiger partial charge >= 0.3 is 4.87 Å². The summed E-state index contributed by atoms with van der Waals surface area (Å²) in [7, 11) is 0. The summed E-state index contributed by atoms with van der Waals surface area (Å²) in [4.78, 5) is 29.2. The molecule has 220 valence electrons. The highest BCUT2D eigenvalue weighted by atomic mass is 32.1. The van der Waals surface area contributed by atoms with E-state index in [1.807, 2.05) is 0 Å². The van der Waals surface area contributed by atoms with E-state index in [1.54, 1.807) is 23.0 Å². The van der Waals surface area contributed by atoms with Crippen molar-refractivity contribution in [2.75, 3.05) is 82.8 Å². The van der Waals surface area contributed by atoms with Crippen molar-refractivity contribution in [2.24, 2.45) is 0 Å². The van der Waals surface area contributed by atoms with Gasteiger partial charge in [-0.15, -0.1) is 5.10 Å². The van der Waals surface area contributed by atoms with Gasteiger partial charge < -0.3 is 24.5 Å². The molecule has 5 aromatic rings. The molecule has 2 aliphatic heterocycles. The monoisotopic (exact) mass is 591 g/mol. The first kappa shape index (κ1) is 26.9. The second kappa shape index (κ2) is 11.7. The second-order valence-electron chi connectivity index (χ2n) is 10.4. The van der Waals surface area contributed by atoms with Gasteiger partial charge in [0.05, 0.1) is 19.5 Å². The van der Waals surface area contributed by atoms with Crippen LogP contribution < -0.4 is 20.2 Å². The van der Waals surface area contributed by atoms with E-state index in [1.165, 1.54) is 10.2 Å². The maximum atomic E-state index is 13.0. The lowest BCUT2D eigenvalue weighted by Gasteiger charge is -2.36. The molecular formula is C28H33N9O4S. The number of nitrogens with two attached hydrogens (primary N) is 1. The van der Waals surface area contributed by atoms with Crippen LogP contribution >= 0.6 is 11.3 Å². The number of ether oxygens (including phenoxy) is 2. The van der Waals surface area contributed by atoms with E-state index in [-0.39, 0.29) is 10.8 Å². The zero-order valence-corrected chi connectivity index (χ0v) is 24.0. The molecule has 0 saturated carbocycles. The van der Waals surface area contributed by atoms with Crippen LogP contribution in [0.4, 0.5) is 11.6 Å². The molecule has 0 atom stereocenters. The topological polar surface area (TPSA) is 132 Å². The Labute approximate surface area is 245 Å². The van der Waals surface area contributed by atoms with Crippen molar-refractivity contribution in [3.63, 3.8) is 0 Å². The number of fused-ring (bicyclic) bond motifs is 3. The fourth-order valence-corrected chi connectivity index (χ4v) is 6.41. The quantitative estimate of drug-likeness (QED) is 0.269. The van der Waals surface area contributed by atoms with Gasteiger partial charge in [-0.05, 0) is 36.4 Å². The number of nitrogen functional groups attached to an aromatic ring is 1. The van der Waals surface area contributed by atoms with Crippen LogP contribution in [0.5, 0.6) is 5.75 Å². The van der Waals surface area contributed by atoms with Crippen LogP contribution in [0.2, 0.25) is 0 Å². The van der Waals surface area contributed by atoms with Crippen molar-refractivity contribution in [1.82, 2.24) is 33.9 Å². The zero-order valence-electron chi connectivity index (χ0n) is 23.2. The molecule has 0 spiro atoms. The van der Waals surface area contributed by atoms with E-state index in [4.69, 9.17) is 19.6 Å². The van der Waals surface area contributed by atoms with Crippen molar-refractivity contribution in [3.05, 3.63) is 52.3 Å². The van der Waals surface area contributed by atoms with Gasteiger partial charge in [0.1, 0.15) is 17.1 Å². The van der Waals surface area contributed by atoms with Gasteiger partial charge in [-0.25, -0.2) is 4.98 Å². The van der Waals surface area contributed by atoms with Crippen molar-refractivity contribution < 1.29 is 13.9 Å². The summed E-state index contributed by atoms with van der Waals surface area (Å²) < 4.78 is 20.6. The number of rotatable bonds is 9. The molecule has 0 aliphatic carbocycles. The van der Waals surface area contributed by atoms with Crippen LogP contribution in [0.3, 0.4) is 0 Å². The molecule has 0 unspecified atom stereocenters. The summed E-state index contributed by atoms with van der Waals surface area (Å²) in [6.07, 6.45) is 1.56. The summed E-state index contributed by atoms with van der Waals surface area (Å²) in [5.41, 5.74) is 8.46. The maximum Gasteiger partial charge on any atom is 0.309 e. The summed E-state index contributed by atoms with van der Waals surface area (Å²) in [6, 6.07) is 11.9. The summed E-state index contributed by atoms with van der Waals surface area (Å²) in [5, 5.41) is 4.42. The first-order chi connectivity index (χ1) is 20.6. The van der Waals surface area contributed by atoms with Gasteiger partial charge in [-0.3, -0.25) is 19.2 Å². The molecule has 2 fully saturated rings. The Bertz CT molecular complexity index is 1700. The molecule has 4 aromatic heterocycles. The van der Waals surface area contributed by atoms with Gasteiger partial charge in [0.2, 0.25) is 11.8 Å². The van der Waals surface area contributed by atoms with Crippen molar-refractivity contribution in [1.29, 1.82) is 0 Å². The highest BCUT2D eigenvalue weighted by molar-refractivity contribution is 7.17. The van der Waals surface area contributed by atoms with E-state index in [0.29, 0.717) is 40.7 Å². The molecule has 6 heterocycles. The normalized spacial score (nSPS) is 17.0. The Hall–Kier alpha value is -3.98. The lowest BCUT2D eigenvalue weighted by molar-refractivity contribution is 0.0322. The number of anilines is 2. The van der Waals surface area contributed by atoms with Crippen molar-refractivity contribution in [2.45, 2.75) is 6.54 Å². The minimum atomic E-state index is -0.0848. The molecule has 13 nitrogen and oxygen atoms in total. The van der Waals surface area contributed by atoms with Crippen LogP contribution in [-0.2, 0) is 11.3 Å². The predicted molar refractivity (Wildman–Crippen MR) is 160 cm³/mol. The minimum Gasteiger partial charge on any atom is -0.492 e. The summed E-state index contributed by atoms with van der Waals surface area (Å²) in [5.74, 6) is 2.00. The third kappa shape index (κ3) is 5.45. The molecule has 0 amide bonds. The molecular weight excluding hydrogens is 558 g/mol. The van der Waals surface area contributed by atoms with Gasteiger partial charge in [0.15, 0.2) is 17.1 Å². The third-order valence-corrected chi connectivity index (χ3v) is 8.82. The summed E-state index contributed by atoms with van der Waals surface area (Å²) >= 11 is 1.12. The molecule has 42 heavy (non-hydrogen) atoms. The Morgan fingerprint density at radius 2 is 1.69 bits per heavy atom. The zero-order chi connectivity index (χ0) is 28.5. The van der Waals surface area contributed by atoms with Crippen molar-refractivity contribution >= 4 is 39.0 Å². The Balaban J connectivity index is 0.947. The van der Waals surface area contributed by atoms with E-state index < -0.39 is 0 Å². The third-order valence-electron chi connectivity index (χ3n) is 7.85. The number of piperazine rings is 1. The van der Waals surface area contributed by atoms with Crippen LogP contribution in [0.1, 0.15) is 0 Å². The van der Waals surface area contributed by atoms with Crippen LogP contribution in [-0.4, -0.2) is 106 Å². The fraction of sp³-hybridized carbons (Fsp3) is 0.429. The van der Waals surface area contributed by atoms with Crippen LogP contribution in [0, 0.1) is 0 Å². The SMILES string of the molecule is Nc1nc2c(sc(=O)n2CCN2CCN(c3ccc(OCCN4CCOCC4)cc3)CC2)c2nc(-c3ccco3)nn12. The molecule has 7 rings (SSSR count). The number of morpholine rings is 1. The fourth-order valence-electron chi connectivity index (χ4n) is 5.48. The molecule has 2 aliphatic rings. The number of hydrogen-bond donors (Lipinski definition) is 1. The molecule has 0 bridgehead atoms.